The molecule has 4 rings (SSSR count). The van der Waals surface area contributed by atoms with E-state index in [9.17, 15) is 14.4 Å². The highest BCUT2D eigenvalue weighted by molar-refractivity contribution is 5.95. The minimum Gasteiger partial charge on any atom is -0.406 e. The van der Waals surface area contributed by atoms with Gasteiger partial charge in [0.1, 0.15) is 6.04 Å². The first-order valence-corrected chi connectivity index (χ1v) is 15.7. The van der Waals surface area contributed by atoms with Crippen molar-refractivity contribution in [3.05, 3.63) is 53.3 Å². The molecule has 2 fully saturated rings. The summed E-state index contributed by atoms with van der Waals surface area (Å²) in [4.78, 5) is 46.9. The van der Waals surface area contributed by atoms with Crippen molar-refractivity contribution < 1.29 is 19.2 Å². The van der Waals surface area contributed by atoms with Gasteiger partial charge in [-0.25, -0.2) is 0 Å². The van der Waals surface area contributed by atoms with Crippen LogP contribution < -0.4 is 22.3 Å². The van der Waals surface area contributed by atoms with E-state index in [4.69, 9.17) is 16.5 Å². The molecule has 9 heteroatoms. The van der Waals surface area contributed by atoms with E-state index in [0.29, 0.717) is 25.4 Å². The molecule has 0 aromatic heterocycles. The number of carbonyl (C=O) groups is 3. The predicted molar refractivity (Wildman–Crippen MR) is 164 cm³/mol. The van der Waals surface area contributed by atoms with Gasteiger partial charge in [0.2, 0.25) is 17.6 Å². The number of piperidine rings is 1. The molecule has 3 aliphatic rings. The lowest BCUT2D eigenvalue weighted by Crippen LogP contribution is -2.52. The molecule has 2 aliphatic carbocycles. The largest absolute Gasteiger partial charge is 0.406 e. The fourth-order valence-corrected chi connectivity index (χ4v) is 6.90. The third-order valence-electron chi connectivity index (χ3n) is 9.76. The highest BCUT2D eigenvalue weighted by Gasteiger charge is 2.40. The summed E-state index contributed by atoms with van der Waals surface area (Å²) >= 11 is 0. The van der Waals surface area contributed by atoms with Crippen molar-refractivity contribution in [2.45, 2.75) is 83.1 Å². The van der Waals surface area contributed by atoms with E-state index in [1.807, 2.05) is 4.90 Å². The molecule has 1 aliphatic heterocycles. The molecule has 3 unspecified atom stereocenters. The van der Waals surface area contributed by atoms with Crippen LogP contribution in [0.2, 0.25) is 0 Å². The number of nitrogens with one attached hydrogen (secondary N) is 2. The highest BCUT2D eigenvalue weighted by atomic mass is 16.6. The minimum absolute atomic E-state index is 0.00243. The van der Waals surface area contributed by atoms with E-state index in [0.717, 1.165) is 44.9 Å². The maximum Gasteiger partial charge on any atom is 0.289 e. The molecule has 1 saturated carbocycles. The molecular weight excluding hydrogens is 530 g/mol. The Hall–Kier alpha value is -3.17. The molecule has 1 spiro atoms. The third-order valence-corrected chi connectivity index (χ3v) is 9.76. The normalized spacial score (nSPS) is 20.5. The van der Waals surface area contributed by atoms with Gasteiger partial charge in [-0.1, -0.05) is 88.8 Å². The van der Waals surface area contributed by atoms with E-state index in [1.54, 1.807) is 0 Å². The van der Waals surface area contributed by atoms with Gasteiger partial charge in [-0.15, -0.1) is 0 Å². The van der Waals surface area contributed by atoms with Crippen molar-refractivity contribution in [1.29, 1.82) is 0 Å². The smallest absolute Gasteiger partial charge is 0.289 e. The van der Waals surface area contributed by atoms with E-state index in [2.05, 4.69) is 60.9 Å². The topological polar surface area (TPSA) is 140 Å². The Morgan fingerprint density at radius 2 is 1.86 bits per heavy atom. The van der Waals surface area contributed by atoms with Crippen LogP contribution in [0.5, 0.6) is 0 Å². The number of rotatable bonds is 12. The summed E-state index contributed by atoms with van der Waals surface area (Å²) in [6.07, 6.45) is 14.6. The average molecular weight is 580 g/mol. The first-order valence-electron chi connectivity index (χ1n) is 15.7. The van der Waals surface area contributed by atoms with E-state index < -0.39 is 11.9 Å². The van der Waals surface area contributed by atoms with Crippen molar-refractivity contribution in [2.75, 3.05) is 26.2 Å². The zero-order valence-corrected chi connectivity index (χ0v) is 25.3. The Balaban J connectivity index is 1.40. The summed E-state index contributed by atoms with van der Waals surface area (Å²) in [5.41, 5.74) is 8.18. The van der Waals surface area contributed by atoms with E-state index in [-0.39, 0.29) is 47.9 Å². The number of carbonyl (C=O) groups excluding carboxylic acids is 3. The molecule has 0 radical (unpaired) electrons. The number of nitrogens with zero attached hydrogens (tertiary/aromatic N) is 1. The quantitative estimate of drug-likeness (QED) is 0.170. The number of fused-ring (bicyclic) bond motifs is 2. The Bertz CT molecular complexity index is 1150. The maximum absolute atomic E-state index is 13.9. The molecule has 1 saturated heterocycles. The molecule has 1 aromatic carbocycles. The molecule has 9 nitrogen and oxygen atoms in total. The summed E-state index contributed by atoms with van der Waals surface area (Å²) in [6, 6.07) is 7.77. The number of amides is 3. The van der Waals surface area contributed by atoms with Crippen LogP contribution in [0, 0.1) is 17.8 Å². The second kappa shape index (κ2) is 14.8. The molecule has 3 atom stereocenters. The Kier molecular flexibility index (Phi) is 11.2. The van der Waals surface area contributed by atoms with Crippen LogP contribution in [-0.2, 0) is 24.6 Å². The number of likely N-dealkylation sites (tertiary alicyclic amines) is 1. The molecule has 230 valence electrons. The van der Waals surface area contributed by atoms with Crippen molar-refractivity contribution in [1.82, 2.24) is 15.5 Å². The number of benzene rings is 1. The van der Waals surface area contributed by atoms with Crippen LogP contribution in [0.4, 0.5) is 0 Å². The SMILES string of the molecule is CCC(C)C(CNC(=O)C(CC1CCCCC1)NC(=O)C(=CCN)ON)C(=O)N1CCC2(C=Cc3ccccc32)CC1. The fraction of sp³-hybridized carbons (Fsp3) is 0.606. The summed E-state index contributed by atoms with van der Waals surface area (Å²) < 4.78 is 0. The zero-order valence-electron chi connectivity index (χ0n) is 25.3. The molecule has 3 amide bonds. The van der Waals surface area contributed by atoms with Crippen LogP contribution in [0.25, 0.3) is 6.08 Å². The monoisotopic (exact) mass is 579 g/mol. The third kappa shape index (κ3) is 7.42. The number of hydrogen-bond donors (Lipinski definition) is 4. The highest BCUT2D eigenvalue weighted by Crippen LogP contribution is 2.44. The van der Waals surface area contributed by atoms with Gasteiger partial charge < -0.3 is 26.1 Å². The number of nitrogens with two attached hydrogens (primary N) is 2. The van der Waals surface area contributed by atoms with Gasteiger partial charge in [-0.05, 0) is 48.3 Å². The Morgan fingerprint density at radius 1 is 1.14 bits per heavy atom. The van der Waals surface area contributed by atoms with Crippen LogP contribution in [0.15, 0.2) is 42.2 Å². The van der Waals surface area contributed by atoms with E-state index in [1.165, 1.54) is 23.6 Å². The molecule has 1 heterocycles. The van der Waals surface area contributed by atoms with Gasteiger partial charge in [-0.2, -0.15) is 5.90 Å². The van der Waals surface area contributed by atoms with Gasteiger partial charge in [0.05, 0.1) is 5.92 Å². The van der Waals surface area contributed by atoms with Crippen molar-refractivity contribution in [3.63, 3.8) is 0 Å². The lowest BCUT2D eigenvalue weighted by molar-refractivity contribution is -0.139. The molecule has 6 N–H and O–H groups in total. The van der Waals surface area contributed by atoms with Gasteiger partial charge in [0.25, 0.3) is 5.91 Å². The van der Waals surface area contributed by atoms with Crippen LogP contribution >= 0.6 is 0 Å². The molecular formula is C33H49N5O4. The number of allylic oxidation sites excluding steroid dienone is 1. The van der Waals surface area contributed by atoms with Crippen molar-refractivity contribution in [2.24, 2.45) is 29.4 Å². The van der Waals surface area contributed by atoms with Crippen LogP contribution in [0.3, 0.4) is 0 Å². The summed E-state index contributed by atoms with van der Waals surface area (Å²) in [7, 11) is 0. The zero-order chi connectivity index (χ0) is 30.1. The standard InChI is InChI=1S/C33H49N5O4/c1-3-23(2)26(32(41)38-19-16-33(17-20-38)15-13-25-11-7-8-12-27(25)33)22-36-30(39)28(21-24-9-5-4-6-10-24)37-31(40)29(42-35)14-18-34/h7-8,11-15,23-24,26,28H,3-6,9-10,16-22,34-35H2,1-2H3,(H,36,39)(H,37,40). The maximum atomic E-state index is 13.9. The summed E-state index contributed by atoms with van der Waals surface area (Å²) in [5, 5.41) is 5.85. The second-order valence-electron chi connectivity index (χ2n) is 12.3. The van der Waals surface area contributed by atoms with Crippen molar-refractivity contribution in [3.8, 4) is 0 Å². The fourth-order valence-electron chi connectivity index (χ4n) is 6.90. The van der Waals surface area contributed by atoms with Crippen LogP contribution in [0.1, 0.15) is 82.8 Å². The second-order valence-corrected chi connectivity index (χ2v) is 12.3. The molecule has 1 aromatic rings. The average Bonchev–Trinajstić information content (AvgIpc) is 3.37. The Morgan fingerprint density at radius 3 is 2.52 bits per heavy atom. The Labute approximate surface area is 250 Å². The lowest BCUT2D eigenvalue weighted by Gasteiger charge is -2.41. The number of hydrogen-bond acceptors (Lipinski definition) is 6. The lowest BCUT2D eigenvalue weighted by atomic mass is 9.74. The van der Waals surface area contributed by atoms with Gasteiger partial charge in [-0.3, -0.25) is 14.4 Å². The molecule has 0 bridgehead atoms. The summed E-state index contributed by atoms with van der Waals surface area (Å²) in [6.45, 7) is 5.83. The van der Waals surface area contributed by atoms with Gasteiger partial charge >= 0.3 is 0 Å². The van der Waals surface area contributed by atoms with Crippen molar-refractivity contribution >= 4 is 23.8 Å². The van der Waals surface area contributed by atoms with Gasteiger partial charge in [0.15, 0.2) is 0 Å². The first kappa shape index (κ1) is 31.8. The van der Waals surface area contributed by atoms with E-state index >= 15 is 0 Å². The minimum atomic E-state index is -0.756. The molecule has 42 heavy (non-hydrogen) atoms. The predicted octanol–water partition coefficient (Wildman–Crippen LogP) is 3.54. The first-order chi connectivity index (χ1) is 20.3. The van der Waals surface area contributed by atoms with Crippen LogP contribution in [-0.4, -0.2) is 54.8 Å². The summed E-state index contributed by atoms with van der Waals surface area (Å²) in [5.74, 6) is 4.49. The van der Waals surface area contributed by atoms with Gasteiger partial charge in [0, 0.05) is 31.6 Å².